The molecular formula is C39H42ClF2N5O4. The number of hydrogen-bond acceptors (Lipinski definition) is 7. The number of amides is 2. The number of hydrogen-bond donors (Lipinski definition) is 2. The lowest BCUT2D eigenvalue weighted by Gasteiger charge is -2.42. The van der Waals surface area contributed by atoms with E-state index in [0.717, 1.165) is 63.0 Å². The number of halogens is 3. The van der Waals surface area contributed by atoms with E-state index in [4.69, 9.17) is 16.3 Å². The van der Waals surface area contributed by atoms with Crippen molar-refractivity contribution in [1.82, 2.24) is 19.7 Å². The molecule has 12 heteroatoms. The molecule has 4 aromatic rings. The zero-order valence-electron chi connectivity index (χ0n) is 28.8. The van der Waals surface area contributed by atoms with Crippen molar-refractivity contribution in [2.24, 2.45) is 7.05 Å². The summed E-state index contributed by atoms with van der Waals surface area (Å²) in [7, 11) is 3.30. The Morgan fingerprint density at radius 1 is 0.922 bits per heavy atom. The standard InChI is InChI=1S/C39H42ClF2N5O4/c1-45-21-31(30-19-25(41)3-5-29(30)39(45)50)24-17-33(40)32(36(18-24)51-2)22-46-13-11-27(12-14-46)47-15-9-23(10-16-47)28-6-4-26(20-34(28)42)43-35-7-8-37(48)44-38(35)49/h3-6,17-21,23,27,35,43H,7-16,22H2,1-2H3,(H,44,48,49). The molecule has 3 aliphatic rings. The van der Waals surface area contributed by atoms with Gasteiger partial charge in [0.05, 0.1) is 7.11 Å². The summed E-state index contributed by atoms with van der Waals surface area (Å²) in [5.74, 6) is -0.550. The minimum absolute atomic E-state index is 0.140. The molecule has 0 aliphatic carbocycles. The number of nitrogens with zero attached hydrogens (tertiary/aromatic N) is 3. The Morgan fingerprint density at radius 2 is 1.69 bits per heavy atom. The maximum Gasteiger partial charge on any atom is 0.258 e. The predicted molar refractivity (Wildman–Crippen MR) is 194 cm³/mol. The van der Waals surface area contributed by atoms with Crippen LogP contribution >= 0.6 is 11.6 Å². The third-order valence-electron chi connectivity index (χ3n) is 10.8. The van der Waals surface area contributed by atoms with Crippen LogP contribution in [0.25, 0.3) is 21.9 Å². The molecule has 268 valence electrons. The number of rotatable bonds is 8. The summed E-state index contributed by atoms with van der Waals surface area (Å²) >= 11 is 6.91. The SMILES string of the molecule is COc1cc(-c2cn(C)c(=O)c3ccc(F)cc23)cc(Cl)c1CN1CCC(N2CCC(c3ccc(NC4CCC(=O)NC4=O)cc3F)CC2)CC1. The van der Waals surface area contributed by atoms with Crippen LogP contribution in [-0.2, 0) is 23.2 Å². The van der Waals surface area contributed by atoms with Gasteiger partial charge in [0, 0.05) is 59.5 Å². The third-order valence-corrected chi connectivity index (χ3v) is 11.2. The van der Waals surface area contributed by atoms with E-state index in [-0.39, 0.29) is 35.5 Å². The molecule has 0 radical (unpaired) electrons. The molecule has 2 amide bonds. The highest BCUT2D eigenvalue weighted by Crippen LogP contribution is 2.38. The number of likely N-dealkylation sites (tertiary alicyclic amines) is 2. The fourth-order valence-corrected chi connectivity index (χ4v) is 8.26. The molecule has 2 N–H and O–H groups in total. The van der Waals surface area contributed by atoms with Crippen molar-refractivity contribution in [2.75, 3.05) is 38.6 Å². The van der Waals surface area contributed by atoms with Crippen LogP contribution in [0.4, 0.5) is 14.5 Å². The molecule has 1 atom stereocenters. The first-order valence-electron chi connectivity index (χ1n) is 17.6. The summed E-state index contributed by atoms with van der Waals surface area (Å²) in [6.45, 7) is 4.28. The number of piperidine rings is 3. The van der Waals surface area contributed by atoms with Crippen molar-refractivity contribution in [3.05, 3.63) is 92.9 Å². The minimum Gasteiger partial charge on any atom is -0.496 e. The molecule has 7 rings (SSSR count). The first-order valence-corrected chi connectivity index (χ1v) is 18.0. The number of aromatic nitrogens is 1. The van der Waals surface area contributed by atoms with Crippen LogP contribution in [0, 0.1) is 11.6 Å². The van der Waals surface area contributed by atoms with Crippen LogP contribution in [0.3, 0.4) is 0 Å². The molecule has 3 fully saturated rings. The van der Waals surface area contributed by atoms with Crippen molar-refractivity contribution < 1.29 is 23.1 Å². The Bertz CT molecular complexity index is 2040. The van der Waals surface area contributed by atoms with E-state index in [1.807, 2.05) is 24.3 Å². The molecule has 4 heterocycles. The van der Waals surface area contributed by atoms with E-state index < -0.39 is 11.9 Å². The van der Waals surface area contributed by atoms with Gasteiger partial charge in [-0.1, -0.05) is 17.7 Å². The highest BCUT2D eigenvalue weighted by molar-refractivity contribution is 6.32. The quantitative estimate of drug-likeness (QED) is 0.210. The lowest BCUT2D eigenvalue weighted by atomic mass is 9.87. The number of aryl methyl sites for hydroxylation is 1. The van der Waals surface area contributed by atoms with Gasteiger partial charge in [-0.2, -0.15) is 0 Å². The molecule has 3 aliphatic heterocycles. The predicted octanol–water partition coefficient (Wildman–Crippen LogP) is 6.21. The number of pyridine rings is 1. The number of carbonyl (C=O) groups is 2. The van der Waals surface area contributed by atoms with Crippen molar-refractivity contribution in [3.8, 4) is 16.9 Å². The smallest absolute Gasteiger partial charge is 0.258 e. The number of anilines is 1. The number of carbonyl (C=O) groups excluding carboxylic acids is 2. The number of methoxy groups -OCH3 is 1. The number of ether oxygens (including phenoxy) is 1. The Morgan fingerprint density at radius 3 is 2.39 bits per heavy atom. The Hall–Kier alpha value is -4.32. The molecule has 3 aromatic carbocycles. The summed E-state index contributed by atoms with van der Waals surface area (Å²) in [4.78, 5) is 41.2. The minimum atomic E-state index is -0.546. The molecule has 0 bridgehead atoms. The van der Waals surface area contributed by atoms with Crippen LogP contribution < -0.4 is 20.9 Å². The van der Waals surface area contributed by atoms with Crippen LogP contribution in [0.5, 0.6) is 5.75 Å². The summed E-state index contributed by atoms with van der Waals surface area (Å²) in [5, 5.41) is 6.91. The lowest BCUT2D eigenvalue weighted by Crippen LogP contribution is -2.47. The summed E-state index contributed by atoms with van der Waals surface area (Å²) in [6.07, 6.45) is 6.17. The summed E-state index contributed by atoms with van der Waals surface area (Å²) in [5.41, 5.74) is 3.39. The Balaban J connectivity index is 0.949. The van der Waals surface area contributed by atoms with Crippen molar-refractivity contribution in [2.45, 2.75) is 63.1 Å². The lowest BCUT2D eigenvalue weighted by molar-refractivity contribution is -0.133. The summed E-state index contributed by atoms with van der Waals surface area (Å²) in [6, 6.07) is 13.0. The fraction of sp³-hybridized carbons (Fsp3) is 0.410. The molecular weight excluding hydrogens is 676 g/mol. The topological polar surface area (TPSA) is 95.9 Å². The summed E-state index contributed by atoms with van der Waals surface area (Å²) < 4.78 is 36.8. The molecule has 3 saturated heterocycles. The van der Waals surface area contributed by atoms with Crippen molar-refractivity contribution in [1.29, 1.82) is 0 Å². The van der Waals surface area contributed by atoms with E-state index >= 15 is 4.39 Å². The number of nitrogens with one attached hydrogen (secondary N) is 2. The molecule has 0 spiro atoms. The van der Waals surface area contributed by atoms with E-state index in [9.17, 15) is 18.8 Å². The van der Waals surface area contributed by atoms with Crippen LogP contribution in [0.15, 0.2) is 59.5 Å². The zero-order chi connectivity index (χ0) is 35.8. The van der Waals surface area contributed by atoms with Gasteiger partial charge < -0.3 is 19.5 Å². The van der Waals surface area contributed by atoms with Gasteiger partial charge in [0.1, 0.15) is 23.4 Å². The Labute approximate surface area is 300 Å². The number of fused-ring (bicyclic) bond motifs is 1. The van der Waals surface area contributed by atoms with Crippen LogP contribution in [0.1, 0.15) is 55.6 Å². The van der Waals surface area contributed by atoms with E-state index in [2.05, 4.69) is 20.4 Å². The van der Waals surface area contributed by atoms with Crippen molar-refractivity contribution >= 4 is 39.9 Å². The molecule has 1 unspecified atom stereocenters. The zero-order valence-corrected chi connectivity index (χ0v) is 29.6. The molecule has 9 nitrogen and oxygen atoms in total. The van der Waals surface area contributed by atoms with Crippen molar-refractivity contribution in [3.63, 3.8) is 0 Å². The van der Waals surface area contributed by atoms with Gasteiger partial charge >= 0.3 is 0 Å². The second-order valence-electron chi connectivity index (χ2n) is 14.0. The van der Waals surface area contributed by atoms with E-state index in [0.29, 0.717) is 57.4 Å². The van der Waals surface area contributed by atoms with Gasteiger partial charge in [-0.05, 0) is 123 Å². The largest absolute Gasteiger partial charge is 0.496 e. The number of benzene rings is 3. The van der Waals surface area contributed by atoms with Gasteiger partial charge in [-0.15, -0.1) is 0 Å². The normalized spacial score (nSPS) is 19.7. The Kier molecular flexibility index (Phi) is 10.1. The average molecular weight is 718 g/mol. The van der Waals surface area contributed by atoms with Gasteiger partial charge in [-0.25, -0.2) is 8.78 Å². The van der Waals surface area contributed by atoms with Gasteiger partial charge in [0.15, 0.2) is 0 Å². The van der Waals surface area contributed by atoms with Gasteiger partial charge in [-0.3, -0.25) is 24.6 Å². The first-order chi connectivity index (χ1) is 24.6. The maximum absolute atomic E-state index is 15.3. The van der Waals surface area contributed by atoms with Crippen LogP contribution in [0.2, 0.25) is 5.02 Å². The fourth-order valence-electron chi connectivity index (χ4n) is 7.99. The maximum atomic E-state index is 15.3. The highest BCUT2D eigenvalue weighted by atomic mass is 35.5. The average Bonchev–Trinajstić information content (AvgIpc) is 3.12. The van der Waals surface area contributed by atoms with Crippen LogP contribution in [-0.4, -0.2) is 71.6 Å². The van der Waals surface area contributed by atoms with Gasteiger partial charge in [0.25, 0.3) is 5.56 Å². The first kappa shape index (κ1) is 35.1. The van der Waals surface area contributed by atoms with Gasteiger partial charge in [0.2, 0.25) is 11.8 Å². The van der Waals surface area contributed by atoms with E-state index in [1.54, 1.807) is 20.4 Å². The second kappa shape index (κ2) is 14.7. The third kappa shape index (κ3) is 7.38. The number of imide groups is 1. The highest BCUT2D eigenvalue weighted by Gasteiger charge is 2.31. The van der Waals surface area contributed by atoms with E-state index in [1.165, 1.54) is 28.8 Å². The molecule has 1 aromatic heterocycles. The molecule has 51 heavy (non-hydrogen) atoms. The second-order valence-corrected chi connectivity index (χ2v) is 14.4. The monoisotopic (exact) mass is 717 g/mol. The molecule has 0 saturated carbocycles.